The number of aliphatic carboxylic acids is 2. The summed E-state index contributed by atoms with van der Waals surface area (Å²) < 4.78 is 0. The largest absolute Gasteiger partial charge is 0.481 e. The molecule has 0 bridgehead atoms. The fraction of sp³-hybridized carbons (Fsp3) is 0.727. The van der Waals surface area contributed by atoms with E-state index < -0.39 is 24.0 Å². The molecule has 2 amide bonds. The van der Waals surface area contributed by atoms with E-state index in [-0.39, 0.29) is 12.8 Å². The predicted octanol–water partition coefficient (Wildman–Crippen LogP) is -0.445. The standard InChI is InChI=1S/C11H21N3O5/c1-12-6-3-7-14(2)11(19)13-8(10(17)18)4-5-9(15)16/h8,12H,3-7H2,1-2H3,(H,13,19)(H,15,16)(H,17,18)/t8-/m0/s1. The van der Waals surface area contributed by atoms with E-state index in [2.05, 4.69) is 10.6 Å². The third-order valence-corrected chi connectivity index (χ3v) is 2.51. The van der Waals surface area contributed by atoms with E-state index in [9.17, 15) is 14.4 Å². The lowest BCUT2D eigenvalue weighted by Crippen LogP contribution is -2.47. The summed E-state index contributed by atoms with van der Waals surface area (Å²) in [6.45, 7) is 1.23. The summed E-state index contributed by atoms with van der Waals surface area (Å²) in [4.78, 5) is 34.3. The molecular weight excluding hydrogens is 254 g/mol. The maximum Gasteiger partial charge on any atom is 0.326 e. The molecule has 0 aromatic heterocycles. The molecule has 0 aliphatic heterocycles. The van der Waals surface area contributed by atoms with Crippen molar-refractivity contribution >= 4 is 18.0 Å². The number of urea groups is 1. The SMILES string of the molecule is CNCCCN(C)C(=O)N[C@@H](CCC(=O)O)C(=O)O. The number of hydrogen-bond donors (Lipinski definition) is 4. The molecule has 0 fully saturated rings. The number of amides is 2. The van der Waals surface area contributed by atoms with Gasteiger partial charge in [0.05, 0.1) is 0 Å². The van der Waals surface area contributed by atoms with Crippen molar-refractivity contribution in [3.05, 3.63) is 0 Å². The van der Waals surface area contributed by atoms with Gasteiger partial charge in [0.15, 0.2) is 0 Å². The molecular formula is C11H21N3O5. The Morgan fingerprint density at radius 3 is 2.37 bits per heavy atom. The first-order chi connectivity index (χ1) is 8.88. The van der Waals surface area contributed by atoms with Crippen LogP contribution in [0.15, 0.2) is 0 Å². The Balaban J connectivity index is 4.22. The van der Waals surface area contributed by atoms with Crippen molar-refractivity contribution in [3.63, 3.8) is 0 Å². The number of nitrogens with zero attached hydrogens (tertiary/aromatic N) is 1. The zero-order chi connectivity index (χ0) is 14.8. The Bertz CT molecular complexity index is 321. The van der Waals surface area contributed by atoms with Gasteiger partial charge in [0.25, 0.3) is 0 Å². The first kappa shape index (κ1) is 17.2. The number of hydrogen-bond acceptors (Lipinski definition) is 4. The molecule has 0 saturated heterocycles. The van der Waals surface area contributed by atoms with E-state index in [1.54, 1.807) is 14.1 Å². The summed E-state index contributed by atoms with van der Waals surface area (Å²) in [6.07, 6.45) is 0.300. The van der Waals surface area contributed by atoms with E-state index in [1.165, 1.54) is 4.90 Å². The lowest BCUT2D eigenvalue weighted by Gasteiger charge is -2.21. The molecule has 8 nitrogen and oxygen atoms in total. The van der Waals surface area contributed by atoms with Gasteiger partial charge in [-0.3, -0.25) is 4.79 Å². The van der Waals surface area contributed by atoms with Gasteiger partial charge in [-0.25, -0.2) is 9.59 Å². The van der Waals surface area contributed by atoms with Crippen LogP contribution in [0, 0.1) is 0 Å². The first-order valence-corrected chi connectivity index (χ1v) is 5.99. The highest BCUT2D eigenvalue weighted by Crippen LogP contribution is 1.99. The van der Waals surface area contributed by atoms with E-state index >= 15 is 0 Å². The van der Waals surface area contributed by atoms with Crippen molar-refractivity contribution in [2.45, 2.75) is 25.3 Å². The summed E-state index contributed by atoms with van der Waals surface area (Å²) in [6, 6.07) is -1.70. The summed E-state index contributed by atoms with van der Waals surface area (Å²) in [5.41, 5.74) is 0. The molecule has 0 radical (unpaired) electrons. The average molecular weight is 275 g/mol. The van der Waals surface area contributed by atoms with Crippen LogP contribution in [0.25, 0.3) is 0 Å². The van der Waals surface area contributed by atoms with Gasteiger partial charge in [0.1, 0.15) is 6.04 Å². The van der Waals surface area contributed by atoms with Crippen LogP contribution in [-0.2, 0) is 9.59 Å². The maximum atomic E-state index is 11.7. The van der Waals surface area contributed by atoms with Crippen LogP contribution in [0.2, 0.25) is 0 Å². The molecule has 8 heteroatoms. The average Bonchev–Trinajstić information content (AvgIpc) is 2.33. The molecule has 1 atom stereocenters. The minimum Gasteiger partial charge on any atom is -0.481 e. The Labute approximate surface area is 111 Å². The second kappa shape index (κ2) is 9.15. The minimum atomic E-state index is -1.24. The molecule has 0 unspecified atom stereocenters. The van der Waals surface area contributed by atoms with Crippen molar-refractivity contribution in [1.29, 1.82) is 0 Å². The molecule has 0 aliphatic carbocycles. The molecule has 0 spiro atoms. The normalized spacial score (nSPS) is 11.7. The van der Waals surface area contributed by atoms with E-state index in [1.807, 2.05) is 0 Å². The third-order valence-electron chi connectivity index (χ3n) is 2.51. The first-order valence-electron chi connectivity index (χ1n) is 5.99. The van der Waals surface area contributed by atoms with Gasteiger partial charge in [-0.2, -0.15) is 0 Å². The van der Waals surface area contributed by atoms with Crippen molar-refractivity contribution in [2.75, 3.05) is 27.2 Å². The third kappa shape index (κ3) is 7.98. The number of carbonyl (C=O) groups is 3. The zero-order valence-corrected chi connectivity index (χ0v) is 11.2. The van der Waals surface area contributed by atoms with E-state index in [4.69, 9.17) is 10.2 Å². The Morgan fingerprint density at radius 1 is 1.26 bits per heavy atom. The van der Waals surface area contributed by atoms with Gasteiger partial charge >= 0.3 is 18.0 Å². The van der Waals surface area contributed by atoms with Gasteiger partial charge < -0.3 is 25.7 Å². The van der Waals surface area contributed by atoms with Crippen molar-refractivity contribution in [1.82, 2.24) is 15.5 Å². The van der Waals surface area contributed by atoms with Crippen LogP contribution < -0.4 is 10.6 Å². The quantitative estimate of drug-likeness (QED) is 0.423. The van der Waals surface area contributed by atoms with Crippen molar-refractivity contribution in [3.8, 4) is 0 Å². The van der Waals surface area contributed by atoms with Gasteiger partial charge in [-0.05, 0) is 26.4 Å². The molecule has 0 aliphatic rings. The van der Waals surface area contributed by atoms with Gasteiger partial charge in [0.2, 0.25) is 0 Å². The smallest absolute Gasteiger partial charge is 0.326 e. The van der Waals surface area contributed by atoms with Crippen LogP contribution >= 0.6 is 0 Å². The lowest BCUT2D eigenvalue weighted by atomic mass is 10.1. The zero-order valence-electron chi connectivity index (χ0n) is 11.2. The molecule has 0 saturated carbocycles. The molecule has 19 heavy (non-hydrogen) atoms. The van der Waals surface area contributed by atoms with E-state index in [0.717, 1.165) is 13.0 Å². The van der Waals surface area contributed by atoms with Crippen LogP contribution in [0.5, 0.6) is 0 Å². The number of nitrogens with one attached hydrogen (secondary N) is 2. The highest BCUT2D eigenvalue weighted by molar-refractivity contribution is 5.82. The van der Waals surface area contributed by atoms with Gasteiger partial charge in [0, 0.05) is 20.0 Å². The van der Waals surface area contributed by atoms with Crippen molar-refractivity contribution < 1.29 is 24.6 Å². The highest BCUT2D eigenvalue weighted by Gasteiger charge is 2.22. The lowest BCUT2D eigenvalue weighted by molar-refractivity contribution is -0.140. The van der Waals surface area contributed by atoms with Crippen LogP contribution in [-0.4, -0.2) is 66.3 Å². The van der Waals surface area contributed by atoms with Gasteiger partial charge in [-0.1, -0.05) is 0 Å². The minimum absolute atomic E-state index is 0.138. The number of carboxylic acids is 2. The van der Waals surface area contributed by atoms with Gasteiger partial charge in [-0.15, -0.1) is 0 Å². The van der Waals surface area contributed by atoms with Crippen molar-refractivity contribution in [2.24, 2.45) is 0 Å². The Kier molecular flexibility index (Phi) is 8.27. The summed E-state index contributed by atoms with van der Waals surface area (Å²) in [5.74, 6) is -2.33. The summed E-state index contributed by atoms with van der Waals surface area (Å²) in [7, 11) is 3.35. The maximum absolute atomic E-state index is 11.7. The highest BCUT2D eigenvalue weighted by atomic mass is 16.4. The summed E-state index contributed by atoms with van der Waals surface area (Å²) >= 11 is 0. The molecule has 0 aromatic rings. The second-order valence-electron chi connectivity index (χ2n) is 4.15. The monoisotopic (exact) mass is 275 g/mol. The Morgan fingerprint density at radius 2 is 1.89 bits per heavy atom. The number of rotatable bonds is 9. The van der Waals surface area contributed by atoms with E-state index in [0.29, 0.717) is 6.54 Å². The molecule has 0 rings (SSSR count). The molecule has 0 heterocycles. The second-order valence-corrected chi connectivity index (χ2v) is 4.15. The van der Waals surface area contributed by atoms with Crippen LogP contribution in [0.3, 0.4) is 0 Å². The molecule has 4 N–H and O–H groups in total. The fourth-order valence-electron chi connectivity index (χ4n) is 1.38. The Hall–Kier alpha value is -1.83. The number of carbonyl (C=O) groups excluding carboxylic acids is 1. The van der Waals surface area contributed by atoms with Crippen LogP contribution in [0.1, 0.15) is 19.3 Å². The number of carboxylic acid groups (broad SMARTS) is 2. The fourth-order valence-corrected chi connectivity index (χ4v) is 1.38. The molecule has 0 aromatic carbocycles. The summed E-state index contributed by atoms with van der Waals surface area (Å²) in [5, 5.41) is 22.6. The predicted molar refractivity (Wildman–Crippen MR) is 68.0 cm³/mol. The van der Waals surface area contributed by atoms with Crippen LogP contribution in [0.4, 0.5) is 4.79 Å². The topological polar surface area (TPSA) is 119 Å². The molecule has 110 valence electrons.